The molecule has 5 rings (SSSR count). The number of fused-ring (bicyclic) bond motifs is 3. The monoisotopic (exact) mass is 407 g/mol. The first-order valence-electron chi connectivity index (χ1n) is 8.93. The number of carbonyl (C=O) groups is 1. The summed E-state index contributed by atoms with van der Waals surface area (Å²) in [7, 11) is -3.61. The van der Waals surface area contributed by atoms with Crippen molar-refractivity contribution in [3.8, 4) is 5.88 Å². The molecule has 1 aromatic heterocycles. The van der Waals surface area contributed by atoms with E-state index in [1.165, 1.54) is 10.9 Å². The zero-order chi connectivity index (χ0) is 19.6. The Morgan fingerprint density at radius 2 is 2.00 bits per heavy atom. The Balaban J connectivity index is 1.45. The SMILES string of the molecule is NS(=O)(=NC(=O)Nc1c2c(c(F)c3c1CC3)CC2)c1cnn2c1O[C@@H](CO)C2. The molecule has 28 heavy (non-hydrogen) atoms. The normalized spacial score (nSPS) is 20.6. The standard InChI is InChI=1S/C17H18FN5O4S/c18-14-9-1-3-11(9)15(12-4-2-10(12)14)21-17(25)22-28(19,26)13-5-20-23-6-8(7-24)27-16(13)23/h5,8,24H,1-4,6-7H2,(H3,19,21,22,25,26)/t8-,28?/m1/s1. The highest BCUT2D eigenvalue weighted by atomic mass is 32.2. The van der Waals surface area contributed by atoms with E-state index in [1.54, 1.807) is 0 Å². The van der Waals surface area contributed by atoms with Crippen molar-refractivity contribution in [2.24, 2.45) is 9.50 Å². The van der Waals surface area contributed by atoms with Gasteiger partial charge in [0.1, 0.15) is 16.8 Å². The van der Waals surface area contributed by atoms with Gasteiger partial charge in [0, 0.05) is 5.69 Å². The molecule has 9 nitrogen and oxygen atoms in total. The van der Waals surface area contributed by atoms with Gasteiger partial charge in [-0.2, -0.15) is 5.10 Å². The summed E-state index contributed by atoms with van der Waals surface area (Å²) in [6, 6.07) is -0.862. The van der Waals surface area contributed by atoms with Gasteiger partial charge in [0.15, 0.2) is 9.92 Å². The van der Waals surface area contributed by atoms with Gasteiger partial charge in [-0.15, -0.1) is 4.36 Å². The van der Waals surface area contributed by atoms with Gasteiger partial charge in [0.25, 0.3) is 0 Å². The fraction of sp³-hybridized carbons (Fsp3) is 0.412. The molecule has 2 aromatic rings. The van der Waals surface area contributed by atoms with Gasteiger partial charge in [-0.25, -0.2) is 23.2 Å². The molecule has 1 aromatic carbocycles. The van der Waals surface area contributed by atoms with Gasteiger partial charge >= 0.3 is 6.03 Å². The molecule has 148 valence electrons. The third-order valence-electron chi connectivity index (χ3n) is 5.50. The predicted molar refractivity (Wildman–Crippen MR) is 97.0 cm³/mol. The van der Waals surface area contributed by atoms with Crippen molar-refractivity contribution in [3.63, 3.8) is 0 Å². The van der Waals surface area contributed by atoms with Crippen molar-refractivity contribution < 1.29 is 23.2 Å². The second-order valence-electron chi connectivity index (χ2n) is 7.11. The quantitative estimate of drug-likeness (QED) is 0.696. The van der Waals surface area contributed by atoms with Crippen LogP contribution in [0.5, 0.6) is 5.88 Å². The minimum atomic E-state index is -3.61. The first kappa shape index (κ1) is 17.6. The fourth-order valence-electron chi connectivity index (χ4n) is 3.89. The summed E-state index contributed by atoms with van der Waals surface area (Å²) in [5.74, 6) is -0.0239. The van der Waals surface area contributed by atoms with Crippen LogP contribution in [0.25, 0.3) is 0 Å². The minimum absolute atomic E-state index is 0.00119. The maximum absolute atomic E-state index is 14.3. The smallest absolute Gasteiger partial charge is 0.354 e. The number of hydrogen-bond acceptors (Lipinski definition) is 5. The summed E-state index contributed by atoms with van der Waals surface area (Å²) in [5.41, 5.74) is 3.41. The average molecular weight is 407 g/mol. The van der Waals surface area contributed by atoms with Gasteiger partial charge in [-0.3, -0.25) is 0 Å². The molecule has 0 bridgehead atoms. The van der Waals surface area contributed by atoms with Crippen LogP contribution in [0.2, 0.25) is 0 Å². The molecule has 1 unspecified atom stereocenters. The molecule has 0 fully saturated rings. The number of urea groups is 1. The number of benzene rings is 1. The Labute approximate surface area is 160 Å². The van der Waals surface area contributed by atoms with Crippen LogP contribution in [0, 0.1) is 5.82 Å². The largest absolute Gasteiger partial charge is 0.469 e. The summed E-state index contributed by atoms with van der Waals surface area (Å²) < 4.78 is 37.7. The maximum atomic E-state index is 14.3. The van der Waals surface area contributed by atoms with Crippen LogP contribution in [0.4, 0.5) is 14.9 Å². The van der Waals surface area contributed by atoms with Crippen molar-refractivity contribution >= 4 is 21.6 Å². The number of nitrogens with zero attached hydrogens (tertiary/aromatic N) is 3. The molecule has 3 aliphatic rings. The highest BCUT2D eigenvalue weighted by molar-refractivity contribution is 7.91. The Morgan fingerprint density at radius 3 is 2.57 bits per heavy atom. The second-order valence-corrected chi connectivity index (χ2v) is 8.87. The van der Waals surface area contributed by atoms with Crippen molar-refractivity contribution in [1.82, 2.24) is 9.78 Å². The Kier molecular flexibility index (Phi) is 3.77. The number of aromatic nitrogens is 2. The fourth-order valence-corrected chi connectivity index (χ4v) is 4.89. The number of aliphatic hydroxyl groups is 1. The van der Waals surface area contributed by atoms with Gasteiger partial charge < -0.3 is 15.2 Å². The third-order valence-corrected chi connectivity index (χ3v) is 6.84. The Bertz CT molecular complexity index is 1120. The predicted octanol–water partition coefficient (Wildman–Crippen LogP) is 0.905. The molecular formula is C17H18FN5O4S. The lowest BCUT2D eigenvalue weighted by Gasteiger charge is -2.32. The number of anilines is 1. The van der Waals surface area contributed by atoms with Crippen molar-refractivity contribution in [2.45, 2.75) is 43.2 Å². The number of rotatable bonds is 3. The maximum Gasteiger partial charge on any atom is 0.354 e. The highest BCUT2D eigenvalue weighted by Gasteiger charge is 2.34. The van der Waals surface area contributed by atoms with E-state index < -0.39 is 22.1 Å². The molecule has 1 aliphatic heterocycles. The van der Waals surface area contributed by atoms with E-state index in [-0.39, 0.29) is 23.2 Å². The molecule has 2 atom stereocenters. The lowest BCUT2D eigenvalue weighted by Crippen LogP contribution is -2.26. The number of aliphatic hydroxyl groups excluding tert-OH is 1. The van der Waals surface area contributed by atoms with E-state index in [0.29, 0.717) is 49.0 Å². The van der Waals surface area contributed by atoms with Crippen LogP contribution < -0.4 is 15.2 Å². The molecule has 0 spiro atoms. The van der Waals surface area contributed by atoms with Crippen molar-refractivity contribution in [2.75, 3.05) is 11.9 Å². The first-order chi connectivity index (χ1) is 13.4. The summed E-state index contributed by atoms with van der Waals surface area (Å²) in [6.07, 6.45) is 3.39. The van der Waals surface area contributed by atoms with E-state index in [0.717, 1.165) is 11.1 Å². The molecule has 2 heterocycles. The van der Waals surface area contributed by atoms with Crippen LogP contribution in [0.15, 0.2) is 15.5 Å². The van der Waals surface area contributed by atoms with Crippen LogP contribution >= 0.6 is 0 Å². The van der Waals surface area contributed by atoms with Gasteiger partial charge in [0.2, 0.25) is 5.88 Å². The molecule has 2 amide bonds. The number of carbonyl (C=O) groups excluding carboxylic acids is 1. The van der Waals surface area contributed by atoms with E-state index in [9.17, 15) is 18.5 Å². The summed E-state index contributed by atoms with van der Waals surface area (Å²) in [5, 5.41) is 21.7. The number of nitrogens with two attached hydrogens (primary N) is 1. The highest BCUT2D eigenvalue weighted by Crippen LogP contribution is 2.43. The number of amides is 2. The van der Waals surface area contributed by atoms with Gasteiger partial charge in [-0.1, -0.05) is 0 Å². The number of nitrogens with one attached hydrogen (secondary N) is 1. The Morgan fingerprint density at radius 1 is 1.36 bits per heavy atom. The van der Waals surface area contributed by atoms with E-state index in [4.69, 9.17) is 9.88 Å². The van der Waals surface area contributed by atoms with Gasteiger partial charge in [0.05, 0.1) is 19.3 Å². The first-order valence-corrected chi connectivity index (χ1v) is 10.5. The van der Waals surface area contributed by atoms with Crippen molar-refractivity contribution in [1.29, 1.82) is 0 Å². The topological polar surface area (TPSA) is 132 Å². The average Bonchev–Trinajstić information content (AvgIpc) is 3.10. The molecular weight excluding hydrogens is 389 g/mol. The number of ether oxygens (including phenoxy) is 1. The van der Waals surface area contributed by atoms with Crippen LogP contribution in [0.1, 0.15) is 22.3 Å². The van der Waals surface area contributed by atoms with Gasteiger partial charge in [-0.05, 0) is 47.9 Å². The number of halogens is 1. The van der Waals surface area contributed by atoms with Crippen LogP contribution in [-0.2, 0) is 42.1 Å². The Hall–Kier alpha value is -2.50. The zero-order valence-electron chi connectivity index (χ0n) is 14.8. The summed E-state index contributed by atoms with van der Waals surface area (Å²) >= 11 is 0. The molecule has 11 heteroatoms. The zero-order valence-corrected chi connectivity index (χ0v) is 15.6. The summed E-state index contributed by atoms with van der Waals surface area (Å²) in [4.78, 5) is 12.5. The molecule has 0 radical (unpaired) electrons. The van der Waals surface area contributed by atoms with E-state index in [2.05, 4.69) is 14.8 Å². The molecule has 4 N–H and O–H groups in total. The third kappa shape index (κ3) is 2.46. The lowest BCUT2D eigenvalue weighted by molar-refractivity contribution is 0.130. The van der Waals surface area contributed by atoms with Crippen LogP contribution in [-0.4, -0.2) is 37.8 Å². The summed E-state index contributed by atoms with van der Waals surface area (Å²) in [6.45, 7) is 0.0639. The van der Waals surface area contributed by atoms with E-state index >= 15 is 0 Å². The second kappa shape index (κ2) is 6.00. The van der Waals surface area contributed by atoms with Crippen LogP contribution in [0.3, 0.4) is 0 Å². The molecule has 0 saturated heterocycles. The molecule has 2 aliphatic carbocycles. The minimum Gasteiger partial charge on any atom is -0.469 e. The van der Waals surface area contributed by atoms with E-state index in [1.807, 2.05) is 0 Å². The molecule has 0 saturated carbocycles. The van der Waals surface area contributed by atoms with Crippen molar-refractivity contribution in [3.05, 3.63) is 34.3 Å². The number of hydrogen-bond donors (Lipinski definition) is 3. The lowest BCUT2D eigenvalue weighted by atomic mass is 9.76.